The van der Waals surface area contributed by atoms with Crippen LogP contribution in [0.5, 0.6) is 0 Å². The highest BCUT2D eigenvalue weighted by Gasteiger charge is 2.49. The van der Waals surface area contributed by atoms with Crippen molar-refractivity contribution in [1.82, 2.24) is 20.1 Å². The van der Waals surface area contributed by atoms with Gasteiger partial charge in [-0.25, -0.2) is 4.79 Å². The molecule has 1 aliphatic rings. The molecule has 0 radical (unpaired) electrons. The van der Waals surface area contributed by atoms with Crippen molar-refractivity contribution in [2.24, 2.45) is 11.0 Å². The summed E-state index contributed by atoms with van der Waals surface area (Å²) in [6.07, 6.45) is 1.41. The number of imide groups is 1. The summed E-state index contributed by atoms with van der Waals surface area (Å²) in [6.45, 7) is 8.28. The summed E-state index contributed by atoms with van der Waals surface area (Å²) in [5.41, 5.74) is 0.810. The minimum absolute atomic E-state index is 0.379. The molecule has 8 heteroatoms. The van der Waals surface area contributed by atoms with Gasteiger partial charge in [-0.3, -0.25) is 9.48 Å². The summed E-state index contributed by atoms with van der Waals surface area (Å²) in [5, 5.41) is 12.5. The number of carbonyl (C=O) groups excluding carboxylic acids is 2. The predicted octanol–water partition coefficient (Wildman–Crippen LogP) is 3.30. The summed E-state index contributed by atoms with van der Waals surface area (Å²) in [6, 6.07) is 8.50. The van der Waals surface area contributed by atoms with Gasteiger partial charge in [-0.1, -0.05) is 55.8 Å². The standard InChI is InChI=1S/C19H22ClN5O2/c1-12(2)11-24-16(20)15(13(3)23-24)10-21-25-17(26)19(4,22-18(25)27)14-8-6-5-7-9-14/h5-10,12H,11H2,1-4H3,(H,22,27)/b21-10-/t19-/m0/s1. The Hall–Kier alpha value is -2.67. The van der Waals surface area contributed by atoms with Gasteiger partial charge in [-0.2, -0.15) is 10.2 Å². The number of nitrogens with one attached hydrogen (secondary N) is 1. The molecule has 1 N–H and O–H groups in total. The molecule has 1 fully saturated rings. The lowest BCUT2D eigenvalue weighted by Crippen LogP contribution is -2.40. The van der Waals surface area contributed by atoms with Crippen LogP contribution < -0.4 is 5.32 Å². The normalized spacial score (nSPS) is 20.1. The largest absolute Gasteiger partial charge is 0.346 e. The highest BCUT2D eigenvalue weighted by Crippen LogP contribution is 2.29. The molecule has 0 saturated carbocycles. The van der Waals surface area contributed by atoms with Gasteiger partial charge in [0.2, 0.25) is 0 Å². The van der Waals surface area contributed by atoms with Crippen molar-refractivity contribution < 1.29 is 9.59 Å². The molecule has 2 aromatic rings. The first-order valence-corrected chi connectivity index (χ1v) is 9.11. The zero-order chi connectivity index (χ0) is 19.8. The van der Waals surface area contributed by atoms with Crippen LogP contribution in [0.15, 0.2) is 35.4 Å². The Bertz CT molecular complexity index is 906. The first-order valence-electron chi connectivity index (χ1n) is 8.73. The third-order valence-corrected chi connectivity index (χ3v) is 4.87. The second-order valence-electron chi connectivity index (χ2n) is 7.15. The van der Waals surface area contributed by atoms with E-state index in [0.717, 1.165) is 5.01 Å². The van der Waals surface area contributed by atoms with Crippen LogP contribution in [0.1, 0.15) is 37.6 Å². The average Bonchev–Trinajstić information content (AvgIpc) is 3.00. The lowest BCUT2D eigenvalue weighted by atomic mass is 9.92. The molecule has 1 saturated heterocycles. The molecule has 0 aliphatic carbocycles. The molecule has 0 bridgehead atoms. The monoisotopic (exact) mass is 387 g/mol. The lowest BCUT2D eigenvalue weighted by molar-refractivity contribution is -0.131. The third kappa shape index (κ3) is 3.47. The van der Waals surface area contributed by atoms with Crippen molar-refractivity contribution in [3.8, 4) is 0 Å². The zero-order valence-electron chi connectivity index (χ0n) is 15.7. The Morgan fingerprint density at radius 2 is 1.96 bits per heavy atom. The number of amides is 3. The molecule has 3 amide bonds. The Labute approximate surface area is 163 Å². The van der Waals surface area contributed by atoms with E-state index in [1.807, 2.05) is 25.1 Å². The van der Waals surface area contributed by atoms with Gasteiger partial charge in [0.05, 0.1) is 17.5 Å². The van der Waals surface area contributed by atoms with Gasteiger partial charge in [0.1, 0.15) is 10.7 Å². The van der Waals surface area contributed by atoms with E-state index in [1.54, 1.807) is 23.7 Å². The van der Waals surface area contributed by atoms with Crippen LogP contribution in [-0.4, -0.2) is 32.9 Å². The van der Waals surface area contributed by atoms with Crippen LogP contribution in [0.4, 0.5) is 4.79 Å². The van der Waals surface area contributed by atoms with Gasteiger partial charge in [-0.05, 0) is 25.3 Å². The number of hydrazone groups is 1. The summed E-state index contributed by atoms with van der Waals surface area (Å²) in [5.74, 6) is -0.0672. The minimum Gasteiger partial charge on any atom is -0.318 e. The fraction of sp³-hybridized carbons (Fsp3) is 0.368. The molecular weight excluding hydrogens is 366 g/mol. The number of rotatable bonds is 5. The van der Waals surface area contributed by atoms with Crippen LogP contribution in [-0.2, 0) is 16.9 Å². The van der Waals surface area contributed by atoms with E-state index in [4.69, 9.17) is 11.6 Å². The van der Waals surface area contributed by atoms with E-state index < -0.39 is 17.5 Å². The van der Waals surface area contributed by atoms with Crippen molar-refractivity contribution in [2.75, 3.05) is 0 Å². The van der Waals surface area contributed by atoms with E-state index in [0.29, 0.717) is 34.4 Å². The van der Waals surface area contributed by atoms with Crippen molar-refractivity contribution in [2.45, 2.75) is 39.8 Å². The van der Waals surface area contributed by atoms with Crippen molar-refractivity contribution in [3.63, 3.8) is 0 Å². The predicted molar refractivity (Wildman–Crippen MR) is 104 cm³/mol. The van der Waals surface area contributed by atoms with Crippen molar-refractivity contribution in [3.05, 3.63) is 52.3 Å². The summed E-state index contributed by atoms with van der Waals surface area (Å²) < 4.78 is 1.70. The SMILES string of the molecule is Cc1nn(CC(C)C)c(Cl)c1/C=N\N1C(=O)N[C@@](C)(c2ccccc2)C1=O. The molecule has 1 atom stereocenters. The maximum absolute atomic E-state index is 12.9. The smallest absolute Gasteiger partial charge is 0.318 e. The van der Waals surface area contributed by atoms with E-state index in [-0.39, 0.29) is 0 Å². The summed E-state index contributed by atoms with van der Waals surface area (Å²) >= 11 is 6.39. The zero-order valence-corrected chi connectivity index (χ0v) is 16.5. The topological polar surface area (TPSA) is 79.6 Å². The van der Waals surface area contributed by atoms with Gasteiger partial charge < -0.3 is 5.32 Å². The van der Waals surface area contributed by atoms with Crippen molar-refractivity contribution >= 4 is 29.8 Å². The lowest BCUT2D eigenvalue weighted by Gasteiger charge is -2.20. The number of benzene rings is 1. The number of urea groups is 1. The minimum atomic E-state index is -1.16. The Kier molecular flexibility index (Phi) is 5.06. The van der Waals surface area contributed by atoms with E-state index in [1.165, 1.54) is 6.21 Å². The van der Waals surface area contributed by atoms with Gasteiger partial charge in [-0.15, -0.1) is 5.01 Å². The van der Waals surface area contributed by atoms with Crippen molar-refractivity contribution in [1.29, 1.82) is 0 Å². The number of aromatic nitrogens is 2. The van der Waals surface area contributed by atoms with E-state index >= 15 is 0 Å². The number of nitrogens with zero attached hydrogens (tertiary/aromatic N) is 4. The molecule has 1 aromatic carbocycles. The van der Waals surface area contributed by atoms with Gasteiger partial charge in [0.15, 0.2) is 0 Å². The molecule has 3 rings (SSSR count). The number of hydrogen-bond donors (Lipinski definition) is 1. The average molecular weight is 388 g/mol. The Morgan fingerprint density at radius 1 is 1.30 bits per heavy atom. The molecule has 2 heterocycles. The van der Waals surface area contributed by atoms with Gasteiger partial charge in [0, 0.05) is 6.54 Å². The molecule has 142 valence electrons. The quantitative estimate of drug-likeness (QED) is 0.631. The number of halogens is 1. The van der Waals surface area contributed by atoms with Gasteiger partial charge in [0.25, 0.3) is 5.91 Å². The molecule has 1 aliphatic heterocycles. The van der Waals surface area contributed by atoms with E-state index in [9.17, 15) is 9.59 Å². The highest BCUT2D eigenvalue weighted by atomic mass is 35.5. The van der Waals surface area contributed by atoms with Gasteiger partial charge >= 0.3 is 6.03 Å². The molecule has 27 heavy (non-hydrogen) atoms. The van der Waals surface area contributed by atoms with E-state index in [2.05, 4.69) is 29.4 Å². The second-order valence-corrected chi connectivity index (χ2v) is 7.51. The number of carbonyl (C=O) groups is 2. The van der Waals surface area contributed by atoms with Crippen LogP contribution in [0.2, 0.25) is 5.15 Å². The fourth-order valence-electron chi connectivity index (χ4n) is 2.99. The Morgan fingerprint density at radius 3 is 2.59 bits per heavy atom. The third-order valence-electron chi connectivity index (χ3n) is 4.47. The molecule has 0 unspecified atom stereocenters. The van der Waals surface area contributed by atoms with Crippen LogP contribution >= 0.6 is 11.6 Å². The molecule has 0 spiro atoms. The Balaban J connectivity index is 1.87. The first kappa shape index (κ1) is 19.1. The number of hydrogen-bond acceptors (Lipinski definition) is 4. The maximum Gasteiger partial charge on any atom is 0.346 e. The molecular formula is C19H22ClN5O2. The first-order chi connectivity index (χ1) is 12.7. The van der Waals surface area contributed by atoms with Crippen LogP contribution in [0, 0.1) is 12.8 Å². The highest BCUT2D eigenvalue weighted by molar-refractivity contribution is 6.32. The second kappa shape index (κ2) is 7.15. The molecule has 7 nitrogen and oxygen atoms in total. The molecule has 1 aromatic heterocycles. The summed E-state index contributed by atoms with van der Waals surface area (Å²) in [4.78, 5) is 25.2. The van der Waals surface area contributed by atoms with Crippen LogP contribution in [0.3, 0.4) is 0 Å². The van der Waals surface area contributed by atoms with Crippen LogP contribution in [0.25, 0.3) is 0 Å². The number of aryl methyl sites for hydroxylation is 1. The maximum atomic E-state index is 12.9. The fourth-order valence-corrected chi connectivity index (χ4v) is 3.28. The summed E-state index contributed by atoms with van der Waals surface area (Å²) in [7, 11) is 0.